The summed E-state index contributed by atoms with van der Waals surface area (Å²) in [6.45, 7) is 1.98. The highest BCUT2D eigenvalue weighted by Gasteiger charge is 2.13. The second kappa shape index (κ2) is 4.61. The van der Waals surface area contributed by atoms with Gasteiger partial charge in [0.1, 0.15) is 5.82 Å². The number of aryl methyl sites for hydroxylation is 1. The lowest BCUT2D eigenvalue weighted by molar-refractivity contribution is 0.0956. The molecule has 2 rings (SSSR count). The molecule has 0 aliphatic heterocycles. The molecule has 4 heteroatoms. The van der Waals surface area contributed by atoms with Crippen molar-refractivity contribution < 1.29 is 4.79 Å². The van der Waals surface area contributed by atoms with Crippen LogP contribution < -0.4 is 0 Å². The van der Waals surface area contributed by atoms with Crippen LogP contribution in [0, 0.1) is 0 Å². The Morgan fingerprint density at radius 3 is 2.88 bits per heavy atom. The van der Waals surface area contributed by atoms with E-state index < -0.39 is 0 Å². The Hall–Kier alpha value is -1.42. The van der Waals surface area contributed by atoms with Gasteiger partial charge in [-0.05, 0) is 28.1 Å². The summed E-state index contributed by atoms with van der Waals surface area (Å²) in [5.41, 5.74) is 0.648. The SMILES string of the molecule is CCc1nccn1C(=O)c1ccccc1Br. The molecule has 0 spiro atoms. The zero-order valence-corrected chi connectivity index (χ0v) is 10.4. The molecule has 0 aliphatic rings. The first-order valence-corrected chi connectivity index (χ1v) is 5.84. The van der Waals surface area contributed by atoms with Crippen LogP contribution in [0.5, 0.6) is 0 Å². The molecule has 0 radical (unpaired) electrons. The van der Waals surface area contributed by atoms with Crippen LogP contribution in [0.3, 0.4) is 0 Å². The van der Waals surface area contributed by atoms with Crippen LogP contribution in [0.4, 0.5) is 0 Å². The molecule has 16 heavy (non-hydrogen) atoms. The van der Waals surface area contributed by atoms with E-state index in [1.807, 2.05) is 25.1 Å². The van der Waals surface area contributed by atoms with Crippen LogP contribution in [0.15, 0.2) is 41.1 Å². The lowest BCUT2D eigenvalue weighted by Crippen LogP contribution is -2.14. The third-order valence-corrected chi connectivity index (χ3v) is 3.05. The standard InChI is InChI=1S/C12H11BrN2O/c1-2-11-14-7-8-15(11)12(16)9-5-3-4-6-10(9)13/h3-8H,2H2,1H3. The van der Waals surface area contributed by atoms with Crippen LogP contribution >= 0.6 is 15.9 Å². The summed E-state index contributed by atoms with van der Waals surface area (Å²) < 4.78 is 2.39. The van der Waals surface area contributed by atoms with Gasteiger partial charge < -0.3 is 0 Å². The van der Waals surface area contributed by atoms with Gasteiger partial charge in [0.2, 0.25) is 0 Å². The van der Waals surface area contributed by atoms with Crippen molar-refractivity contribution in [3.05, 3.63) is 52.5 Å². The molecule has 0 amide bonds. The molecule has 1 heterocycles. The summed E-state index contributed by atoms with van der Waals surface area (Å²) in [5.74, 6) is 0.725. The highest BCUT2D eigenvalue weighted by molar-refractivity contribution is 9.10. The smallest absolute Gasteiger partial charge is 0.264 e. The van der Waals surface area contributed by atoms with Gasteiger partial charge >= 0.3 is 0 Å². The van der Waals surface area contributed by atoms with Crippen molar-refractivity contribution in [2.45, 2.75) is 13.3 Å². The normalized spacial score (nSPS) is 10.4. The van der Waals surface area contributed by atoms with Crippen molar-refractivity contribution in [2.75, 3.05) is 0 Å². The minimum absolute atomic E-state index is 0.0539. The summed E-state index contributed by atoms with van der Waals surface area (Å²) in [6.07, 6.45) is 4.08. The third kappa shape index (κ3) is 1.93. The van der Waals surface area contributed by atoms with Gasteiger partial charge in [0.15, 0.2) is 0 Å². The quantitative estimate of drug-likeness (QED) is 0.847. The molecule has 0 saturated heterocycles. The van der Waals surface area contributed by atoms with Gasteiger partial charge in [-0.25, -0.2) is 4.98 Å². The molecule has 0 atom stereocenters. The minimum Gasteiger partial charge on any atom is -0.270 e. The molecular weight excluding hydrogens is 268 g/mol. The third-order valence-electron chi connectivity index (χ3n) is 2.36. The maximum absolute atomic E-state index is 12.2. The molecule has 0 aliphatic carbocycles. The summed E-state index contributed by atoms with van der Waals surface area (Å²) in [7, 11) is 0. The molecule has 0 N–H and O–H groups in total. The van der Waals surface area contributed by atoms with Crippen LogP contribution in [0.2, 0.25) is 0 Å². The first-order chi connectivity index (χ1) is 7.74. The summed E-state index contributed by atoms with van der Waals surface area (Å²) in [4.78, 5) is 16.3. The van der Waals surface area contributed by atoms with E-state index in [4.69, 9.17) is 0 Å². The molecule has 0 fully saturated rings. The molecule has 0 unspecified atom stereocenters. The van der Waals surface area contributed by atoms with Crippen molar-refractivity contribution in [3.63, 3.8) is 0 Å². The van der Waals surface area contributed by atoms with E-state index in [-0.39, 0.29) is 5.91 Å². The van der Waals surface area contributed by atoms with E-state index in [2.05, 4.69) is 20.9 Å². The Morgan fingerprint density at radius 1 is 1.44 bits per heavy atom. The van der Waals surface area contributed by atoms with E-state index in [9.17, 15) is 4.79 Å². The lowest BCUT2D eigenvalue weighted by atomic mass is 10.2. The Balaban J connectivity index is 2.44. The van der Waals surface area contributed by atoms with Crippen molar-refractivity contribution in [1.82, 2.24) is 9.55 Å². The van der Waals surface area contributed by atoms with E-state index in [1.165, 1.54) is 0 Å². The Labute approximate surface area is 102 Å². The van der Waals surface area contributed by atoms with Gasteiger partial charge in [-0.2, -0.15) is 0 Å². The zero-order chi connectivity index (χ0) is 11.5. The molecule has 1 aromatic carbocycles. The molecule has 1 aromatic heterocycles. The fourth-order valence-corrected chi connectivity index (χ4v) is 2.00. The second-order valence-electron chi connectivity index (χ2n) is 3.35. The molecule has 3 nitrogen and oxygen atoms in total. The second-order valence-corrected chi connectivity index (χ2v) is 4.21. The van der Waals surface area contributed by atoms with Crippen LogP contribution in [0.25, 0.3) is 0 Å². The number of carbonyl (C=O) groups excluding carboxylic acids is 1. The fourth-order valence-electron chi connectivity index (χ4n) is 1.55. The van der Waals surface area contributed by atoms with Gasteiger partial charge in [-0.3, -0.25) is 9.36 Å². The summed E-state index contributed by atoms with van der Waals surface area (Å²) in [6, 6.07) is 7.39. The Bertz CT molecular complexity index is 519. The molecule has 82 valence electrons. The van der Waals surface area contributed by atoms with Gasteiger partial charge in [0, 0.05) is 23.3 Å². The Morgan fingerprint density at radius 2 is 2.19 bits per heavy atom. The number of nitrogens with zero attached hydrogens (tertiary/aromatic N) is 2. The van der Waals surface area contributed by atoms with Crippen molar-refractivity contribution in [2.24, 2.45) is 0 Å². The van der Waals surface area contributed by atoms with Crippen LogP contribution in [-0.4, -0.2) is 15.5 Å². The number of rotatable bonds is 2. The van der Waals surface area contributed by atoms with Gasteiger partial charge in [-0.1, -0.05) is 19.1 Å². The predicted molar refractivity (Wildman–Crippen MR) is 65.5 cm³/mol. The van der Waals surface area contributed by atoms with Crippen molar-refractivity contribution in [1.29, 1.82) is 0 Å². The van der Waals surface area contributed by atoms with Crippen LogP contribution in [0.1, 0.15) is 23.1 Å². The number of halogens is 1. The van der Waals surface area contributed by atoms with E-state index in [1.54, 1.807) is 23.0 Å². The van der Waals surface area contributed by atoms with Crippen LogP contribution in [-0.2, 0) is 6.42 Å². The number of benzene rings is 1. The number of imidazole rings is 1. The number of carbonyl (C=O) groups is 1. The largest absolute Gasteiger partial charge is 0.270 e. The average Bonchev–Trinajstić information content (AvgIpc) is 2.77. The average molecular weight is 279 g/mol. The fraction of sp³-hybridized carbons (Fsp3) is 0.167. The molecule has 0 saturated carbocycles. The topological polar surface area (TPSA) is 34.9 Å². The van der Waals surface area contributed by atoms with E-state index >= 15 is 0 Å². The van der Waals surface area contributed by atoms with E-state index in [0.29, 0.717) is 5.56 Å². The van der Waals surface area contributed by atoms with Gasteiger partial charge in [0.05, 0.1) is 5.56 Å². The van der Waals surface area contributed by atoms with Crippen molar-refractivity contribution in [3.8, 4) is 0 Å². The Kier molecular flexibility index (Phi) is 3.19. The summed E-state index contributed by atoms with van der Waals surface area (Å²) in [5, 5.41) is 0. The van der Waals surface area contributed by atoms with E-state index in [0.717, 1.165) is 16.7 Å². The minimum atomic E-state index is -0.0539. The first kappa shape index (κ1) is 11.1. The molecule has 2 aromatic rings. The molecular formula is C12H11BrN2O. The lowest BCUT2D eigenvalue weighted by Gasteiger charge is -2.06. The molecule has 0 bridgehead atoms. The maximum atomic E-state index is 12.2. The predicted octanol–water partition coefficient (Wildman–Crippen LogP) is 2.90. The number of aromatic nitrogens is 2. The summed E-state index contributed by atoms with van der Waals surface area (Å²) >= 11 is 3.37. The first-order valence-electron chi connectivity index (χ1n) is 5.05. The monoisotopic (exact) mass is 278 g/mol. The number of hydrogen-bond donors (Lipinski definition) is 0. The van der Waals surface area contributed by atoms with Gasteiger partial charge in [0.25, 0.3) is 5.91 Å². The zero-order valence-electron chi connectivity index (χ0n) is 8.85. The van der Waals surface area contributed by atoms with Crippen molar-refractivity contribution >= 4 is 21.8 Å². The maximum Gasteiger partial charge on any atom is 0.264 e. The highest BCUT2D eigenvalue weighted by atomic mass is 79.9. The highest BCUT2D eigenvalue weighted by Crippen LogP contribution is 2.17. The van der Waals surface area contributed by atoms with Gasteiger partial charge in [-0.15, -0.1) is 0 Å². The number of hydrogen-bond acceptors (Lipinski definition) is 2.